The number of fused-ring (bicyclic) bond motifs is 1. The number of imidazole rings is 1. The van der Waals surface area contributed by atoms with Gasteiger partial charge in [-0.05, 0) is 41.5 Å². The maximum absolute atomic E-state index is 11.9. The fourth-order valence-electron chi connectivity index (χ4n) is 2.27. The van der Waals surface area contributed by atoms with Gasteiger partial charge < -0.3 is 15.4 Å². The van der Waals surface area contributed by atoms with E-state index in [1.54, 1.807) is 11.3 Å². The van der Waals surface area contributed by atoms with E-state index in [0.717, 1.165) is 16.3 Å². The number of nitrogens with one attached hydrogen (secondary N) is 2. The van der Waals surface area contributed by atoms with Crippen LogP contribution in [0.4, 0.5) is 4.79 Å². The molecule has 0 bridgehead atoms. The number of carbonyl (C=O) groups excluding carboxylic acids is 1. The van der Waals surface area contributed by atoms with Crippen LogP contribution in [-0.4, -0.2) is 33.2 Å². The molecule has 0 atom stereocenters. The van der Waals surface area contributed by atoms with Crippen molar-refractivity contribution < 1.29 is 9.53 Å². The van der Waals surface area contributed by atoms with Crippen LogP contribution >= 0.6 is 11.3 Å². The van der Waals surface area contributed by atoms with Crippen molar-refractivity contribution >= 4 is 22.4 Å². The van der Waals surface area contributed by atoms with E-state index in [9.17, 15) is 4.79 Å². The summed E-state index contributed by atoms with van der Waals surface area (Å²) in [5, 5.41) is 8.32. The van der Waals surface area contributed by atoms with Gasteiger partial charge in [0, 0.05) is 24.7 Å². The number of alkyl carbamates (subject to hydrolysis) is 1. The second-order valence-corrected chi connectivity index (χ2v) is 8.19. The molecule has 0 aromatic carbocycles. The van der Waals surface area contributed by atoms with Gasteiger partial charge in [-0.1, -0.05) is 0 Å². The van der Waals surface area contributed by atoms with Crippen LogP contribution in [-0.2, 0) is 11.3 Å². The van der Waals surface area contributed by atoms with Crippen LogP contribution in [0.25, 0.3) is 4.96 Å². The minimum Gasteiger partial charge on any atom is -0.444 e. The number of amides is 1. The van der Waals surface area contributed by atoms with Gasteiger partial charge in [-0.3, -0.25) is 4.40 Å². The average molecular weight is 338 g/mol. The molecular formula is C16H26N4O2S. The van der Waals surface area contributed by atoms with Crippen molar-refractivity contribution in [2.24, 2.45) is 0 Å². The Morgan fingerprint density at radius 2 is 2.04 bits per heavy atom. The van der Waals surface area contributed by atoms with Crippen LogP contribution in [0.15, 0.2) is 11.6 Å². The number of thiazole rings is 1. The highest BCUT2D eigenvalue weighted by Gasteiger charge is 2.24. The van der Waals surface area contributed by atoms with Crippen molar-refractivity contribution in [1.29, 1.82) is 0 Å². The second-order valence-electron chi connectivity index (χ2n) is 7.31. The third kappa shape index (κ3) is 4.94. The quantitative estimate of drug-likeness (QED) is 0.879. The first-order chi connectivity index (χ1) is 10.6. The van der Waals surface area contributed by atoms with E-state index in [1.165, 1.54) is 0 Å². The summed E-state index contributed by atoms with van der Waals surface area (Å²) >= 11 is 1.63. The van der Waals surface area contributed by atoms with Gasteiger partial charge >= 0.3 is 6.09 Å². The Kier molecular flexibility index (Phi) is 5.01. The monoisotopic (exact) mass is 338 g/mol. The van der Waals surface area contributed by atoms with Crippen molar-refractivity contribution in [3.63, 3.8) is 0 Å². The minimum atomic E-state index is -0.493. The van der Waals surface area contributed by atoms with Crippen molar-refractivity contribution in [3.05, 3.63) is 23.0 Å². The number of carbonyl (C=O) groups is 1. The molecule has 2 N–H and O–H groups in total. The van der Waals surface area contributed by atoms with Gasteiger partial charge in [-0.2, -0.15) is 0 Å². The fraction of sp³-hybridized carbons (Fsp3) is 0.625. The predicted molar refractivity (Wildman–Crippen MR) is 93.0 cm³/mol. The van der Waals surface area contributed by atoms with Crippen molar-refractivity contribution in [1.82, 2.24) is 20.0 Å². The van der Waals surface area contributed by atoms with Gasteiger partial charge in [0.25, 0.3) is 0 Å². The second kappa shape index (κ2) is 6.49. The minimum absolute atomic E-state index is 0.398. The summed E-state index contributed by atoms with van der Waals surface area (Å²) in [6, 6.07) is 0. The summed E-state index contributed by atoms with van der Waals surface area (Å²) < 4.78 is 7.40. The van der Waals surface area contributed by atoms with E-state index in [-0.39, 0.29) is 0 Å². The normalized spacial score (nSPS) is 12.6. The van der Waals surface area contributed by atoms with Crippen LogP contribution in [0.3, 0.4) is 0 Å². The van der Waals surface area contributed by atoms with Gasteiger partial charge in [-0.25, -0.2) is 9.78 Å². The molecule has 23 heavy (non-hydrogen) atoms. The van der Waals surface area contributed by atoms with E-state index in [0.29, 0.717) is 13.1 Å². The van der Waals surface area contributed by atoms with E-state index < -0.39 is 17.2 Å². The molecule has 0 unspecified atom stereocenters. The average Bonchev–Trinajstić information content (AvgIpc) is 2.88. The molecule has 0 spiro atoms. The number of aryl methyl sites for hydroxylation is 1. The Morgan fingerprint density at radius 1 is 1.35 bits per heavy atom. The van der Waals surface area contributed by atoms with E-state index in [4.69, 9.17) is 4.74 Å². The molecule has 2 rings (SSSR count). The first-order valence-corrected chi connectivity index (χ1v) is 8.58. The van der Waals surface area contributed by atoms with Crippen LogP contribution in [0.2, 0.25) is 0 Å². The molecule has 2 heterocycles. The van der Waals surface area contributed by atoms with E-state index >= 15 is 0 Å². The van der Waals surface area contributed by atoms with Crippen LogP contribution in [0.1, 0.15) is 46.0 Å². The largest absolute Gasteiger partial charge is 0.444 e. The topological polar surface area (TPSA) is 67.7 Å². The molecule has 2 aromatic heterocycles. The third-order valence-electron chi connectivity index (χ3n) is 3.26. The highest BCUT2D eigenvalue weighted by atomic mass is 32.1. The molecule has 6 nitrogen and oxygen atoms in total. The first kappa shape index (κ1) is 17.7. The molecule has 7 heteroatoms. The van der Waals surface area contributed by atoms with Crippen LogP contribution < -0.4 is 10.6 Å². The summed E-state index contributed by atoms with van der Waals surface area (Å²) in [5.74, 6) is 0. The van der Waals surface area contributed by atoms with Gasteiger partial charge in [-0.15, -0.1) is 11.3 Å². The lowest BCUT2D eigenvalue weighted by atomic mass is 10.1. The van der Waals surface area contributed by atoms with Crippen molar-refractivity contribution in [3.8, 4) is 0 Å². The smallest absolute Gasteiger partial charge is 0.408 e. The number of hydrogen-bond acceptors (Lipinski definition) is 5. The molecule has 0 aliphatic carbocycles. The summed E-state index contributed by atoms with van der Waals surface area (Å²) in [6.45, 7) is 12.8. The van der Waals surface area contributed by atoms with Gasteiger partial charge in [0.1, 0.15) is 5.60 Å². The molecule has 1 amide bonds. The van der Waals surface area contributed by atoms with Crippen molar-refractivity contribution in [2.45, 2.75) is 59.2 Å². The lowest BCUT2D eigenvalue weighted by Crippen LogP contribution is -2.51. The Bertz CT molecular complexity index is 682. The molecule has 0 radical (unpaired) electrons. The number of aromatic nitrogens is 2. The number of hydrogen-bond donors (Lipinski definition) is 2. The lowest BCUT2D eigenvalue weighted by molar-refractivity contribution is 0.0472. The summed E-state index contributed by atoms with van der Waals surface area (Å²) in [6.07, 6.45) is 1.63. The van der Waals surface area contributed by atoms with Gasteiger partial charge in [0.15, 0.2) is 4.96 Å². The van der Waals surface area contributed by atoms with Crippen molar-refractivity contribution in [2.75, 3.05) is 6.54 Å². The third-order valence-corrected chi connectivity index (χ3v) is 4.02. The summed E-state index contributed by atoms with van der Waals surface area (Å²) in [4.78, 5) is 17.4. The number of rotatable bonds is 5. The zero-order valence-electron chi connectivity index (χ0n) is 14.7. The number of nitrogens with zero attached hydrogens (tertiary/aromatic N) is 2. The van der Waals surface area contributed by atoms with E-state index in [2.05, 4.69) is 20.0 Å². The Morgan fingerprint density at radius 3 is 2.70 bits per heavy atom. The maximum atomic E-state index is 11.9. The molecule has 0 fully saturated rings. The van der Waals surface area contributed by atoms with Gasteiger partial charge in [0.2, 0.25) is 0 Å². The first-order valence-electron chi connectivity index (χ1n) is 7.70. The standard InChI is InChI=1S/C16H26N4O2S/c1-11-12(20-7-8-23-13(20)18-11)9-17-10-16(5,6)19-14(21)22-15(2,3)4/h7-8,17H,9-10H2,1-6H3,(H,19,21). The Hall–Kier alpha value is -1.60. The maximum Gasteiger partial charge on any atom is 0.408 e. The summed E-state index contributed by atoms with van der Waals surface area (Å²) in [7, 11) is 0. The zero-order valence-corrected chi connectivity index (χ0v) is 15.5. The molecule has 0 saturated carbocycles. The molecule has 0 saturated heterocycles. The summed E-state index contributed by atoms with van der Waals surface area (Å²) in [5.41, 5.74) is 1.28. The van der Waals surface area contributed by atoms with E-state index in [1.807, 2.05) is 53.1 Å². The molecular weight excluding hydrogens is 312 g/mol. The molecule has 128 valence electrons. The predicted octanol–water partition coefficient (Wildman–Crippen LogP) is 3.10. The Balaban J connectivity index is 1.88. The molecule has 0 aliphatic heterocycles. The SMILES string of the molecule is Cc1nc2sccn2c1CNCC(C)(C)NC(=O)OC(C)(C)C. The highest BCUT2D eigenvalue weighted by molar-refractivity contribution is 7.15. The zero-order chi connectivity index (χ0) is 17.3. The molecule has 0 aliphatic rings. The molecule has 2 aromatic rings. The lowest BCUT2D eigenvalue weighted by Gasteiger charge is -2.29. The highest BCUT2D eigenvalue weighted by Crippen LogP contribution is 2.16. The van der Waals surface area contributed by atoms with Crippen LogP contribution in [0.5, 0.6) is 0 Å². The number of ether oxygens (including phenoxy) is 1. The van der Waals surface area contributed by atoms with Gasteiger partial charge in [0.05, 0.1) is 16.9 Å². The van der Waals surface area contributed by atoms with Crippen LogP contribution in [0, 0.1) is 6.92 Å². The fourth-order valence-corrected chi connectivity index (χ4v) is 3.05. The Labute approximate surface area is 141 Å².